The summed E-state index contributed by atoms with van der Waals surface area (Å²) in [5.74, 6) is 0. The van der Waals surface area contributed by atoms with Gasteiger partial charge in [-0.05, 0) is 45.4 Å². The Labute approximate surface area is 99.6 Å². The lowest BCUT2D eigenvalue weighted by atomic mass is 10.3. The number of halogens is 3. The van der Waals surface area contributed by atoms with Crippen LogP contribution in [0.2, 0.25) is 0 Å². The standard InChI is InChI=1S/C7H19N3.3ClH/c8-4-1-2-6-10-7-3-5-9;;;/h10H,1-9H2;3*1H/p-3. The van der Waals surface area contributed by atoms with Crippen molar-refractivity contribution in [2.45, 2.75) is 19.3 Å². The van der Waals surface area contributed by atoms with E-state index in [1.807, 2.05) is 0 Å². The first kappa shape index (κ1) is 23.5. The maximum Gasteiger partial charge on any atom is -0.00369 e. The van der Waals surface area contributed by atoms with Crippen LogP contribution >= 0.6 is 0 Å². The lowest BCUT2D eigenvalue weighted by Gasteiger charge is -2.01. The van der Waals surface area contributed by atoms with Crippen LogP contribution in [-0.2, 0) is 0 Å². The molecule has 0 saturated heterocycles. The highest BCUT2D eigenvalue weighted by atomic mass is 35.5. The molecule has 0 unspecified atom stereocenters. The van der Waals surface area contributed by atoms with Crippen LogP contribution in [0.3, 0.4) is 0 Å². The highest BCUT2D eigenvalue weighted by Crippen LogP contribution is 1.81. The molecule has 13 heavy (non-hydrogen) atoms. The topological polar surface area (TPSA) is 64.1 Å². The Morgan fingerprint density at radius 3 is 1.62 bits per heavy atom. The molecule has 0 aromatic carbocycles. The van der Waals surface area contributed by atoms with E-state index >= 15 is 0 Å². The zero-order valence-electron chi connectivity index (χ0n) is 7.74. The minimum Gasteiger partial charge on any atom is -1.00 e. The molecule has 0 aliphatic heterocycles. The molecule has 0 bridgehead atoms. The molecular weight excluding hydrogens is 232 g/mol. The van der Waals surface area contributed by atoms with E-state index in [-0.39, 0.29) is 37.2 Å². The third-order valence-corrected chi connectivity index (χ3v) is 1.37. The molecule has 0 saturated carbocycles. The third-order valence-electron chi connectivity index (χ3n) is 1.37. The molecule has 0 aliphatic rings. The number of rotatable bonds is 7. The summed E-state index contributed by atoms with van der Waals surface area (Å²) in [7, 11) is 0. The molecule has 86 valence electrons. The lowest BCUT2D eigenvalue weighted by Crippen LogP contribution is -3.00. The van der Waals surface area contributed by atoms with E-state index in [1.165, 1.54) is 6.42 Å². The summed E-state index contributed by atoms with van der Waals surface area (Å²) in [5, 5.41) is 3.29. The zero-order chi connectivity index (χ0) is 7.66. The van der Waals surface area contributed by atoms with Crippen LogP contribution in [0.5, 0.6) is 0 Å². The van der Waals surface area contributed by atoms with Crippen LogP contribution < -0.4 is 54.0 Å². The predicted octanol–water partition coefficient (Wildman–Crippen LogP) is -9.32. The third kappa shape index (κ3) is 24.5. The summed E-state index contributed by atoms with van der Waals surface area (Å²) in [6.45, 7) is 3.71. The van der Waals surface area contributed by atoms with Gasteiger partial charge in [0, 0.05) is 0 Å². The minimum absolute atomic E-state index is 0. The first-order valence-corrected chi connectivity index (χ1v) is 4.02. The molecule has 0 aromatic rings. The second-order valence-electron chi connectivity index (χ2n) is 2.39. The van der Waals surface area contributed by atoms with Gasteiger partial charge < -0.3 is 54.0 Å². The van der Waals surface area contributed by atoms with Crippen molar-refractivity contribution in [3.05, 3.63) is 0 Å². The van der Waals surface area contributed by atoms with Crippen molar-refractivity contribution in [2.24, 2.45) is 11.5 Å². The van der Waals surface area contributed by atoms with Crippen molar-refractivity contribution in [3.8, 4) is 0 Å². The van der Waals surface area contributed by atoms with Gasteiger partial charge in [0.2, 0.25) is 0 Å². The van der Waals surface area contributed by atoms with Crippen molar-refractivity contribution in [1.29, 1.82) is 0 Å². The Balaban J connectivity index is -0.000000135. The number of nitrogens with one attached hydrogen (secondary N) is 1. The largest absolute Gasteiger partial charge is 1.00 e. The van der Waals surface area contributed by atoms with Gasteiger partial charge >= 0.3 is 0 Å². The molecule has 0 aliphatic carbocycles. The van der Waals surface area contributed by atoms with E-state index < -0.39 is 0 Å². The Morgan fingerprint density at radius 2 is 1.15 bits per heavy atom. The number of hydrogen-bond acceptors (Lipinski definition) is 3. The first-order chi connectivity index (χ1) is 4.91. The fourth-order valence-corrected chi connectivity index (χ4v) is 0.746. The molecule has 0 aromatic heterocycles. The molecule has 0 fully saturated rings. The molecular formula is C7H19Cl3N3-3. The van der Waals surface area contributed by atoms with Gasteiger partial charge in [0.15, 0.2) is 0 Å². The van der Waals surface area contributed by atoms with Crippen LogP contribution in [0.25, 0.3) is 0 Å². The monoisotopic (exact) mass is 250 g/mol. The average Bonchev–Trinajstić information content (AvgIpc) is 1.97. The summed E-state index contributed by atoms with van der Waals surface area (Å²) in [6, 6.07) is 0. The Morgan fingerprint density at radius 1 is 0.692 bits per heavy atom. The van der Waals surface area contributed by atoms with Crippen LogP contribution in [0.15, 0.2) is 0 Å². The predicted molar refractivity (Wildman–Crippen MR) is 44.8 cm³/mol. The lowest BCUT2D eigenvalue weighted by molar-refractivity contribution is -0.00100. The summed E-state index contributed by atoms with van der Waals surface area (Å²) in [6.07, 6.45) is 3.37. The minimum atomic E-state index is 0. The van der Waals surface area contributed by atoms with Crippen LogP contribution in [0.1, 0.15) is 19.3 Å². The van der Waals surface area contributed by atoms with Gasteiger partial charge in [-0.25, -0.2) is 0 Å². The Bertz CT molecular complexity index is 58.9. The number of nitrogens with two attached hydrogens (primary N) is 2. The quantitative estimate of drug-likeness (QED) is 0.394. The van der Waals surface area contributed by atoms with E-state index in [1.54, 1.807) is 0 Å². The zero-order valence-corrected chi connectivity index (χ0v) is 10.0. The van der Waals surface area contributed by atoms with E-state index in [4.69, 9.17) is 11.5 Å². The van der Waals surface area contributed by atoms with Crippen molar-refractivity contribution < 1.29 is 37.2 Å². The molecule has 5 N–H and O–H groups in total. The van der Waals surface area contributed by atoms with Gasteiger partial charge in [-0.3, -0.25) is 0 Å². The molecule has 0 radical (unpaired) electrons. The highest BCUT2D eigenvalue weighted by Gasteiger charge is 1.85. The molecule has 3 nitrogen and oxygen atoms in total. The summed E-state index contributed by atoms with van der Waals surface area (Å²) >= 11 is 0. The number of hydrogen-bond donors (Lipinski definition) is 3. The van der Waals surface area contributed by atoms with Gasteiger partial charge in [-0.15, -0.1) is 0 Å². The maximum absolute atomic E-state index is 5.32. The molecule has 0 atom stereocenters. The smallest absolute Gasteiger partial charge is 0.00369 e. The summed E-state index contributed by atoms with van der Waals surface area (Å²) in [4.78, 5) is 0. The second-order valence-corrected chi connectivity index (χ2v) is 2.39. The highest BCUT2D eigenvalue weighted by molar-refractivity contribution is 4.49. The SMILES string of the molecule is NCCCCNCCCN.[Cl-].[Cl-].[Cl-]. The van der Waals surface area contributed by atoms with Gasteiger partial charge in [0.25, 0.3) is 0 Å². The summed E-state index contributed by atoms with van der Waals surface area (Å²) in [5.41, 5.74) is 10.6. The van der Waals surface area contributed by atoms with Gasteiger partial charge in [-0.1, -0.05) is 0 Å². The molecule has 0 rings (SSSR count). The van der Waals surface area contributed by atoms with Gasteiger partial charge in [-0.2, -0.15) is 0 Å². The van der Waals surface area contributed by atoms with E-state index in [2.05, 4.69) is 5.32 Å². The van der Waals surface area contributed by atoms with Crippen molar-refractivity contribution in [3.63, 3.8) is 0 Å². The molecule has 6 heteroatoms. The fourth-order valence-electron chi connectivity index (χ4n) is 0.746. The molecule has 0 amide bonds. The van der Waals surface area contributed by atoms with E-state index in [9.17, 15) is 0 Å². The van der Waals surface area contributed by atoms with Crippen molar-refractivity contribution >= 4 is 0 Å². The molecule has 0 spiro atoms. The second kappa shape index (κ2) is 23.0. The van der Waals surface area contributed by atoms with Gasteiger partial charge in [0.1, 0.15) is 0 Å². The average molecular weight is 252 g/mol. The van der Waals surface area contributed by atoms with Crippen LogP contribution in [0, 0.1) is 0 Å². The number of unbranched alkanes of at least 4 members (excludes halogenated alkanes) is 1. The maximum atomic E-state index is 5.32. The normalized spacial score (nSPS) is 7.85. The van der Waals surface area contributed by atoms with E-state index in [0.717, 1.165) is 39.0 Å². The van der Waals surface area contributed by atoms with Crippen molar-refractivity contribution in [2.75, 3.05) is 26.2 Å². The Kier molecular flexibility index (Phi) is 41.6. The van der Waals surface area contributed by atoms with Gasteiger partial charge in [0.05, 0.1) is 0 Å². The molecule has 0 heterocycles. The first-order valence-electron chi connectivity index (χ1n) is 4.02. The summed E-state index contributed by atoms with van der Waals surface area (Å²) < 4.78 is 0. The Hall–Kier alpha value is 0.750. The van der Waals surface area contributed by atoms with Crippen LogP contribution in [0.4, 0.5) is 0 Å². The van der Waals surface area contributed by atoms with Crippen molar-refractivity contribution in [1.82, 2.24) is 5.32 Å². The van der Waals surface area contributed by atoms with E-state index in [0.29, 0.717) is 0 Å². The van der Waals surface area contributed by atoms with Crippen LogP contribution in [-0.4, -0.2) is 26.2 Å². The fraction of sp³-hybridized carbons (Fsp3) is 1.00.